The number of imide groups is 1. The lowest BCUT2D eigenvalue weighted by molar-refractivity contribution is 0.0880. The third-order valence-corrected chi connectivity index (χ3v) is 5.97. The van der Waals surface area contributed by atoms with Crippen molar-refractivity contribution < 1.29 is 14.3 Å². The van der Waals surface area contributed by atoms with Crippen molar-refractivity contribution >= 4 is 33.6 Å². The largest absolute Gasteiger partial charge is 0.497 e. The first-order valence-electron chi connectivity index (χ1n) is 9.29. The summed E-state index contributed by atoms with van der Waals surface area (Å²) in [4.78, 5) is 28.9. The number of ether oxygens (including phenoxy) is 1. The second-order valence-electron chi connectivity index (χ2n) is 7.33. The van der Waals surface area contributed by atoms with Crippen LogP contribution in [0.4, 0.5) is 0 Å². The predicted octanol–water partition coefficient (Wildman–Crippen LogP) is 3.98. The lowest BCUT2D eigenvalue weighted by Crippen LogP contribution is -2.20. The molecule has 1 aliphatic heterocycles. The highest BCUT2D eigenvalue weighted by Gasteiger charge is 2.37. The Morgan fingerprint density at radius 3 is 2.61 bits per heavy atom. The Balaban J connectivity index is 1.84. The van der Waals surface area contributed by atoms with Crippen molar-refractivity contribution in [1.82, 2.24) is 10.3 Å². The summed E-state index contributed by atoms with van der Waals surface area (Å²) >= 11 is 0. The number of fused-ring (bicyclic) bond motifs is 10. The Kier molecular flexibility index (Phi) is 2.88. The molecule has 2 heterocycles. The summed E-state index contributed by atoms with van der Waals surface area (Å²) in [5.74, 6) is 0.225. The molecule has 0 bridgehead atoms. The first-order chi connectivity index (χ1) is 13.7. The van der Waals surface area contributed by atoms with Crippen molar-refractivity contribution in [2.75, 3.05) is 7.11 Å². The summed E-state index contributed by atoms with van der Waals surface area (Å²) < 4.78 is 5.39. The van der Waals surface area contributed by atoms with Crippen molar-refractivity contribution in [2.24, 2.45) is 0 Å². The van der Waals surface area contributed by atoms with Crippen LogP contribution in [0, 0.1) is 0 Å². The van der Waals surface area contributed by atoms with E-state index in [0.717, 1.165) is 50.7 Å². The van der Waals surface area contributed by atoms with E-state index in [0.29, 0.717) is 17.5 Å². The molecule has 0 spiro atoms. The molecular weight excluding hydrogens is 352 g/mol. The molecule has 28 heavy (non-hydrogen) atoms. The fraction of sp³-hybridized carbons (Fsp3) is 0.130. The Morgan fingerprint density at radius 2 is 1.75 bits per heavy atom. The highest BCUT2D eigenvalue weighted by Crippen LogP contribution is 2.46. The molecule has 0 atom stereocenters. The molecule has 0 radical (unpaired) electrons. The van der Waals surface area contributed by atoms with Gasteiger partial charge < -0.3 is 9.72 Å². The third-order valence-electron chi connectivity index (χ3n) is 5.97. The van der Waals surface area contributed by atoms with Gasteiger partial charge in [-0.3, -0.25) is 14.9 Å². The van der Waals surface area contributed by atoms with Gasteiger partial charge in [0.05, 0.1) is 23.8 Å². The molecule has 5 heteroatoms. The summed E-state index contributed by atoms with van der Waals surface area (Å²) in [6, 6.07) is 14.0. The number of amides is 2. The minimum atomic E-state index is -0.307. The van der Waals surface area contributed by atoms with Crippen LogP contribution in [-0.2, 0) is 12.8 Å². The van der Waals surface area contributed by atoms with E-state index in [1.54, 1.807) is 7.11 Å². The molecule has 2 amide bonds. The smallest absolute Gasteiger partial charge is 0.259 e. The van der Waals surface area contributed by atoms with Gasteiger partial charge in [-0.05, 0) is 47.7 Å². The van der Waals surface area contributed by atoms with Crippen LogP contribution in [0.5, 0.6) is 5.75 Å². The molecule has 0 saturated carbocycles. The van der Waals surface area contributed by atoms with Gasteiger partial charge in [-0.1, -0.05) is 24.3 Å². The number of H-pyrrole nitrogens is 1. The van der Waals surface area contributed by atoms with Crippen LogP contribution in [0.3, 0.4) is 0 Å². The van der Waals surface area contributed by atoms with Crippen LogP contribution in [0.25, 0.3) is 32.9 Å². The summed E-state index contributed by atoms with van der Waals surface area (Å²) in [5, 5.41) is 4.30. The number of hydrogen-bond acceptors (Lipinski definition) is 3. The molecule has 6 rings (SSSR count). The summed E-state index contributed by atoms with van der Waals surface area (Å²) in [6.07, 6.45) is 1.52. The predicted molar refractivity (Wildman–Crippen MR) is 107 cm³/mol. The van der Waals surface area contributed by atoms with E-state index in [9.17, 15) is 9.59 Å². The molecular formula is C23H16N2O3. The van der Waals surface area contributed by atoms with Crippen molar-refractivity contribution in [1.29, 1.82) is 0 Å². The van der Waals surface area contributed by atoms with Crippen molar-refractivity contribution in [3.63, 3.8) is 0 Å². The first-order valence-corrected chi connectivity index (χ1v) is 9.29. The molecule has 0 unspecified atom stereocenters. The minimum Gasteiger partial charge on any atom is -0.497 e. The van der Waals surface area contributed by atoms with E-state index in [1.165, 1.54) is 5.56 Å². The van der Waals surface area contributed by atoms with E-state index in [1.807, 2.05) is 30.3 Å². The number of rotatable bonds is 1. The summed E-state index contributed by atoms with van der Waals surface area (Å²) in [6.45, 7) is 0. The zero-order chi connectivity index (χ0) is 19.0. The number of aryl methyl sites for hydroxylation is 1. The summed E-state index contributed by atoms with van der Waals surface area (Å²) in [7, 11) is 1.66. The van der Waals surface area contributed by atoms with E-state index in [4.69, 9.17) is 4.74 Å². The van der Waals surface area contributed by atoms with Gasteiger partial charge in [0.15, 0.2) is 0 Å². The van der Waals surface area contributed by atoms with Gasteiger partial charge in [0.2, 0.25) is 0 Å². The fourth-order valence-corrected chi connectivity index (χ4v) is 4.80. The maximum atomic E-state index is 12.7. The molecule has 3 aromatic carbocycles. The van der Waals surface area contributed by atoms with Crippen molar-refractivity contribution in [3.8, 4) is 16.9 Å². The second-order valence-corrected chi connectivity index (χ2v) is 7.33. The SMILES string of the molecule is COc1ccc2c(c1)CCc1c3c(c4c([nH]c5ccccc54)c1-2)C(=O)NC3=O. The van der Waals surface area contributed by atoms with Gasteiger partial charge in [-0.2, -0.15) is 0 Å². The minimum absolute atomic E-state index is 0.291. The Hall–Kier alpha value is -3.60. The number of nitrogens with one attached hydrogen (secondary N) is 2. The monoisotopic (exact) mass is 368 g/mol. The maximum absolute atomic E-state index is 12.7. The lowest BCUT2D eigenvalue weighted by Gasteiger charge is -2.23. The average Bonchev–Trinajstić information content (AvgIpc) is 3.24. The third kappa shape index (κ3) is 1.80. The van der Waals surface area contributed by atoms with Crippen LogP contribution in [-0.4, -0.2) is 23.9 Å². The number of aromatic amines is 1. The number of hydrogen-bond donors (Lipinski definition) is 2. The van der Waals surface area contributed by atoms with Gasteiger partial charge in [0, 0.05) is 21.9 Å². The number of benzene rings is 3. The van der Waals surface area contributed by atoms with E-state index in [2.05, 4.69) is 22.4 Å². The quantitative estimate of drug-likeness (QED) is 0.499. The standard InChI is InChI=1S/C23H16N2O3/c1-28-12-7-9-13-11(10-12)6-8-15-17(13)21-18(14-4-2-3-5-16(14)24-21)20-19(15)22(26)25-23(20)27/h2-5,7,9-10,24H,6,8H2,1H3,(H,25,26,27). The normalized spacial score (nSPS) is 14.8. The van der Waals surface area contributed by atoms with E-state index >= 15 is 0 Å². The Labute approximate surface area is 160 Å². The molecule has 0 saturated heterocycles. The van der Waals surface area contributed by atoms with Crippen LogP contribution in [0.1, 0.15) is 31.8 Å². The first kappa shape index (κ1) is 15.5. The molecule has 2 N–H and O–H groups in total. The molecule has 136 valence electrons. The van der Waals surface area contributed by atoms with Crippen LogP contribution in [0.15, 0.2) is 42.5 Å². The highest BCUT2D eigenvalue weighted by molar-refractivity contribution is 6.32. The molecule has 1 aliphatic carbocycles. The Bertz CT molecular complexity index is 1360. The maximum Gasteiger partial charge on any atom is 0.259 e. The molecule has 1 aromatic heterocycles. The van der Waals surface area contributed by atoms with Gasteiger partial charge in [0.1, 0.15) is 5.75 Å². The van der Waals surface area contributed by atoms with Gasteiger partial charge in [-0.25, -0.2) is 0 Å². The fourth-order valence-electron chi connectivity index (χ4n) is 4.80. The zero-order valence-electron chi connectivity index (χ0n) is 15.2. The van der Waals surface area contributed by atoms with Gasteiger partial charge in [-0.15, -0.1) is 0 Å². The van der Waals surface area contributed by atoms with Crippen molar-refractivity contribution in [2.45, 2.75) is 12.8 Å². The van der Waals surface area contributed by atoms with Crippen LogP contribution >= 0.6 is 0 Å². The average molecular weight is 368 g/mol. The second kappa shape index (κ2) is 5.23. The number of methoxy groups -OCH3 is 1. The van der Waals surface area contributed by atoms with Gasteiger partial charge in [0.25, 0.3) is 11.8 Å². The summed E-state index contributed by atoms with van der Waals surface area (Å²) in [5.41, 5.74) is 7.19. The highest BCUT2D eigenvalue weighted by atomic mass is 16.5. The van der Waals surface area contributed by atoms with Gasteiger partial charge >= 0.3 is 0 Å². The van der Waals surface area contributed by atoms with E-state index < -0.39 is 0 Å². The zero-order valence-corrected chi connectivity index (χ0v) is 15.2. The number of para-hydroxylation sites is 1. The van der Waals surface area contributed by atoms with Crippen LogP contribution in [0.2, 0.25) is 0 Å². The molecule has 5 nitrogen and oxygen atoms in total. The molecule has 2 aliphatic rings. The topological polar surface area (TPSA) is 71.2 Å². The van der Waals surface area contributed by atoms with Crippen LogP contribution < -0.4 is 10.1 Å². The van der Waals surface area contributed by atoms with E-state index in [-0.39, 0.29) is 11.8 Å². The Morgan fingerprint density at radius 1 is 0.929 bits per heavy atom. The molecule has 4 aromatic rings. The van der Waals surface area contributed by atoms with Crippen molar-refractivity contribution in [3.05, 3.63) is 64.7 Å². The molecule has 0 fully saturated rings. The number of carbonyl (C=O) groups excluding carboxylic acids is 2. The number of aromatic nitrogens is 1. The number of carbonyl (C=O) groups is 2. The lowest BCUT2D eigenvalue weighted by atomic mass is 9.80.